The molecule has 2 nitrogen and oxygen atoms in total. The van der Waals surface area contributed by atoms with Crippen LogP contribution in [0.4, 0.5) is 0 Å². The van der Waals surface area contributed by atoms with E-state index in [1.807, 2.05) is 64.2 Å². The smallest absolute Gasteiger partial charge is 0.184 e. The molecule has 0 aromatic carbocycles. The average Bonchev–Trinajstić information content (AvgIpc) is 2.51. The second-order valence-corrected chi connectivity index (χ2v) is 5.69. The van der Waals surface area contributed by atoms with Gasteiger partial charge < -0.3 is 0 Å². The first-order valence-corrected chi connectivity index (χ1v) is 7.75. The summed E-state index contributed by atoms with van der Waals surface area (Å²) >= 11 is 0. The Labute approximate surface area is 132 Å². The molecule has 0 radical (unpaired) electrons. The predicted octanol–water partition coefficient (Wildman–Crippen LogP) is 4.57. The summed E-state index contributed by atoms with van der Waals surface area (Å²) in [5.41, 5.74) is 5.30. The van der Waals surface area contributed by atoms with Crippen LogP contribution in [0.25, 0.3) is 0 Å². The van der Waals surface area contributed by atoms with Crippen LogP contribution in [-0.4, -0.2) is 11.6 Å². The van der Waals surface area contributed by atoms with E-state index in [0.29, 0.717) is 0 Å². The molecule has 0 atom stereocenters. The van der Waals surface area contributed by atoms with Crippen molar-refractivity contribution in [2.45, 2.75) is 40.5 Å². The standard InChI is InChI=1S/C20H22O2/c1-5-17-11-15(9-13(3)19(17)21)7-8-16-10-14(4)20(22)18(6-2)12-16/h7-12H,5-6H2,1-4H3/b15-7-,16-8-. The van der Waals surface area contributed by atoms with Gasteiger partial charge in [0.05, 0.1) is 0 Å². The van der Waals surface area contributed by atoms with Gasteiger partial charge in [-0.15, -0.1) is 0 Å². The molecule has 0 spiro atoms. The van der Waals surface area contributed by atoms with Crippen molar-refractivity contribution in [2.24, 2.45) is 0 Å². The van der Waals surface area contributed by atoms with Crippen molar-refractivity contribution in [1.82, 2.24) is 0 Å². The SMILES string of the molecule is CCC1=C/C(=C\C=C2\C=C(C)C(=O)C(CC)=C2)C=C(C)C1=O. The van der Waals surface area contributed by atoms with E-state index in [1.165, 1.54) is 0 Å². The van der Waals surface area contributed by atoms with Gasteiger partial charge in [-0.2, -0.15) is 0 Å². The van der Waals surface area contributed by atoms with Crippen LogP contribution in [-0.2, 0) is 9.59 Å². The Morgan fingerprint density at radius 3 is 1.41 bits per heavy atom. The second kappa shape index (κ2) is 6.69. The molecule has 0 fully saturated rings. The van der Waals surface area contributed by atoms with Crippen LogP contribution < -0.4 is 0 Å². The van der Waals surface area contributed by atoms with Gasteiger partial charge in [-0.3, -0.25) is 9.59 Å². The number of hydrogen-bond acceptors (Lipinski definition) is 2. The Balaban J connectivity index is 2.34. The fraction of sp³-hybridized carbons (Fsp3) is 0.300. The second-order valence-electron chi connectivity index (χ2n) is 5.69. The molecule has 0 unspecified atom stereocenters. The molecular formula is C20H22O2. The number of rotatable bonds is 3. The van der Waals surface area contributed by atoms with Crippen molar-refractivity contribution in [3.63, 3.8) is 0 Å². The highest BCUT2D eigenvalue weighted by molar-refractivity contribution is 6.10. The Bertz CT molecular complexity index is 642. The van der Waals surface area contributed by atoms with Crippen LogP contribution in [0.5, 0.6) is 0 Å². The molecule has 2 aliphatic carbocycles. The van der Waals surface area contributed by atoms with E-state index in [9.17, 15) is 9.59 Å². The van der Waals surface area contributed by atoms with E-state index >= 15 is 0 Å². The molecule has 0 N–H and O–H groups in total. The van der Waals surface area contributed by atoms with Gasteiger partial charge in [-0.1, -0.05) is 26.0 Å². The number of hydrogen-bond donors (Lipinski definition) is 0. The van der Waals surface area contributed by atoms with Crippen LogP contribution in [0, 0.1) is 0 Å². The highest BCUT2D eigenvalue weighted by atomic mass is 16.1. The third-order valence-electron chi connectivity index (χ3n) is 3.98. The fourth-order valence-corrected chi connectivity index (χ4v) is 2.66. The zero-order chi connectivity index (χ0) is 16.3. The monoisotopic (exact) mass is 294 g/mol. The Morgan fingerprint density at radius 1 is 0.727 bits per heavy atom. The lowest BCUT2D eigenvalue weighted by atomic mass is 9.91. The Hall–Kier alpha value is -2.22. The molecule has 0 amide bonds. The fourth-order valence-electron chi connectivity index (χ4n) is 2.66. The summed E-state index contributed by atoms with van der Waals surface area (Å²) < 4.78 is 0. The number of Topliss-reactive ketones (excluding diaryl/α,β-unsaturated/α-hetero) is 2. The molecule has 0 heterocycles. The van der Waals surface area contributed by atoms with Crippen LogP contribution in [0.2, 0.25) is 0 Å². The molecule has 114 valence electrons. The quantitative estimate of drug-likeness (QED) is 0.764. The summed E-state index contributed by atoms with van der Waals surface area (Å²) in [6, 6.07) is 0. The van der Waals surface area contributed by atoms with Crippen LogP contribution >= 0.6 is 0 Å². The lowest BCUT2D eigenvalue weighted by Gasteiger charge is -2.12. The van der Waals surface area contributed by atoms with Gasteiger partial charge in [0.15, 0.2) is 11.6 Å². The van der Waals surface area contributed by atoms with Crippen molar-refractivity contribution >= 4 is 11.6 Å². The molecule has 0 aromatic heterocycles. The van der Waals surface area contributed by atoms with Gasteiger partial charge in [0.2, 0.25) is 0 Å². The minimum absolute atomic E-state index is 0.138. The molecule has 0 saturated heterocycles. The number of carbonyl (C=O) groups excluding carboxylic acids is 2. The van der Waals surface area contributed by atoms with Crippen molar-refractivity contribution in [1.29, 1.82) is 0 Å². The lowest BCUT2D eigenvalue weighted by Crippen LogP contribution is -2.08. The maximum absolute atomic E-state index is 11.9. The van der Waals surface area contributed by atoms with E-state index in [0.717, 1.165) is 46.3 Å². The van der Waals surface area contributed by atoms with Gasteiger partial charge in [0.25, 0.3) is 0 Å². The van der Waals surface area contributed by atoms with E-state index in [2.05, 4.69) is 0 Å². The molecule has 22 heavy (non-hydrogen) atoms. The molecule has 0 bridgehead atoms. The lowest BCUT2D eigenvalue weighted by molar-refractivity contribution is -0.113. The van der Waals surface area contributed by atoms with E-state index in [4.69, 9.17) is 0 Å². The van der Waals surface area contributed by atoms with Crippen LogP contribution in [0.3, 0.4) is 0 Å². The number of carbonyl (C=O) groups is 2. The zero-order valence-electron chi connectivity index (χ0n) is 13.7. The van der Waals surface area contributed by atoms with Gasteiger partial charge in [-0.05, 0) is 73.3 Å². The zero-order valence-corrected chi connectivity index (χ0v) is 13.7. The summed E-state index contributed by atoms with van der Waals surface area (Å²) in [6.07, 6.45) is 13.2. The Kier molecular flexibility index (Phi) is 4.92. The van der Waals surface area contributed by atoms with E-state index in [-0.39, 0.29) is 11.6 Å². The summed E-state index contributed by atoms with van der Waals surface area (Å²) in [7, 11) is 0. The first-order chi connectivity index (χ1) is 10.5. The first-order valence-electron chi connectivity index (χ1n) is 7.75. The third-order valence-corrected chi connectivity index (χ3v) is 3.98. The topological polar surface area (TPSA) is 34.1 Å². The maximum atomic E-state index is 11.9. The molecule has 2 rings (SSSR count). The number of allylic oxidation sites excluding steroid dienone is 12. The van der Waals surface area contributed by atoms with Crippen molar-refractivity contribution in [3.05, 3.63) is 69.9 Å². The first kappa shape index (κ1) is 16.2. The highest BCUT2D eigenvalue weighted by Crippen LogP contribution is 2.23. The van der Waals surface area contributed by atoms with Crippen LogP contribution in [0.15, 0.2) is 69.9 Å². The maximum Gasteiger partial charge on any atom is 0.184 e. The van der Waals surface area contributed by atoms with Crippen molar-refractivity contribution in [3.8, 4) is 0 Å². The molecule has 0 saturated carbocycles. The van der Waals surface area contributed by atoms with Gasteiger partial charge in [0.1, 0.15) is 0 Å². The molecule has 0 aromatic rings. The highest BCUT2D eigenvalue weighted by Gasteiger charge is 2.16. The molecule has 0 aliphatic heterocycles. The Morgan fingerprint density at radius 2 is 1.09 bits per heavy atom. The molecule has 2 aliphatic rings. The van der Waals surface area contributed by atoms with Gasteiger partial charge in [-0.25, -0.2) is 0 Å². The minimum Gasteiger partial charge on any atom is -0.289 e. The summed E-state index contributed by atoms with van der Waals surface area (Å²) in [5.74, 6) is 0.277. The average molecular weight is 294 g/mol. The molecule has 2 heteroatoms. The van der Waals surface area contributed by atoms with Crippen molar-refractivity contribution < 1.29 is 9.59 Å². The minimum atomic E-state index is 0.138. The third kappa shape index (κ3) is 3.33. The normalized spacial score (nSPS) is 22.5. The summed E-state index contributed by atoms with van der Waals surface area (Å²) in [4.78, 5) is 23.9. The largest absolute Gasteiger partial charge is 0.289 e. The predicted molar refractivity (Wildman–Crippen MR) is 90.4 cm³/mol. The molecular weight excluding hydrogens is 272 g/mol. The summed E-state index contributed by atoms with van der Waals surface area (Å²) in [6.45, 7) is 7.69. The summed E-state index contributed by atoms with van der Waals surface area (Å²) in [5, 5.41) is 0. The van der Waals surface area contributed by atoms with E-state index in [1.54, 1.807) is 0 Å². The van der Waals surface area contributed by atoms with Gasteiger partial charge in [0, 0.05) is 11.1 Å². The van der Waals surface area contributed by atoms with Gasteiger partial charge >= 0.3 is 0 Å². The van der Waals surface area contributed by atoms with Crippen LogP contribution in [0.1, 0.15) is 40.5 Å². The van der Waals surface area contributed by atoms with E-state index < -0.39 is 0 Å². The van der Waals surface area contributed by atoms with Crippen molar-refractivity contribution in [2.75, 3.05) is 0 Å². The number of ketones is 2.